The van der Waals surface area contributed by atoms with Gasteiger partial charge in [-0.3, -0.25) is 4.57 Å². The molecule has 204 valence electrons. The second-order valence-electron chi connectivity index (χ2n) is 9.74. The molecular formula is C26H26F3N7O3. The fourth-order valence-electron chi connectivity index (χ4n) is 5.25. The summed E-state index contributed by atoms with van der Waals surface area (Å²) in [5.74, 6) is 0.188. The number of nitrogens with zero attached hydrogens (tertiary/aromatic N) is 5. The van der Waals surface area contributed by atoms with Crippen LogP contribution in [-0.2, 0) is 17.5 Å². The third kappa shape index (κ3) is 4.36. The van der Waals surface area contributed by atoms with E-state index in [2.05, 4.69) is 20.3 Å². The zero-order chi connectivity index (χ0) is 27.5. The SMILES string of the molecule is Cc1ccc2c(c1)c1ccc(C(F)(F)F)cc1n2CCNCC1OC(n2cnc3c(N)ncnc32)C(O)C1O. The first-order chi connectivity index (χ1) is 18.6. The maximum Gasteiger partial charge on any atom is 0.416 e. The van der Waals surface area contributed by atoms with Crippen molar-refractivity contribution in [2.45, 2.75) is 44.2 Å². The van der Waals surface area contributed by atoms with Gasteiger partial charge in [0, 0.05) is 41.4 Å². The van der Waals surface area contributed by atoms with E-state index < -0.39 is 36.3 Å². The van der Waals surface area contributed by atoms with Crippen LogP contribution in [0.15, 0.2) is 49.1 Å². The first-order valence-corrected chi connectivity index (χ1v) is 12.4. The molecule has 0 bridgehead atoms. The molecule has 5 N–H and O–H groups in total. The Morgan fingerprint density at radius 2 is 1.85 bits per heavy atom. The van der Waals surface area contributed by atoms with Gasteiger partial charge in [-0.1, -0.05) is 17.7 Å². The van der Waals surface area contributed by atoms with Crippen molar-refractivity contribution in [2.75, 3.05) is 18.8 Å². The molecule has 1 fully saturated rings. The Labute approximate surface area is 219 Å². The number of fused-ring (bicyclic) bond motifs is 4. The summed E-state index contributed by atoms with van der Waals surface area (Å²) in [6.07, 6.45) is -5.87. The van der Waals surface area contributed by atoms with Crippen LogP contribution in [0.25, 0.3) is 33.0 Å². The van der Waals surface area contributed by atoms with E-state index in [1.165, 1.54) is 29.4 Å². The fraction of sp³-hybridized carbons (Fsp3) is 0.346. The lowest BCUT2D eigenvalue weighted by Gasteiger charge is -2.17. The van der Waals surface area contributed by atoms with Gasteiger partial charge in [-0.2, -0.15) is 13.2 Å². The van der Waals surface area contributed by atoms with Crippen LogP contribution < -0.4 is 11.1 Å². The molecule has 3 aromatic heterocycles. The molecule has 1 aliphatic heterocycles. The zero-order valence-corrected chi connectivity index (χ0v) is 20.8. The van der Waals surface area contributed by atoms with E-state index in [0.29, 0.717) is 29.8 Å². The number of aryl methyl sites for hydroxylation is 1. The Hall–Kier alpha value is -3.78. The normalized spacial score (nSPS) is 22.0. The van der Waals surface area contributed by atoms with Gasteiger partial charge < -0.3 is 30.6 Å². The number of benzene rings is 2. The molecule has 13 heteroatoms. The largest absolute Gasteiger partial charge is 0.416 e. The number of aromatic nitrogens is 5. The number of hydrogen-bond donors (Lipinski definition) is 4. The molecule has 0 spiro atoms. The predicted octanol–water partition coefficient (Wildman–Crippen LogP) is 2.75. The molecule has 6 rings (SSSR count). The highest BCUT2D eigenvalue weighted by Gasteiger charge is 2.44. The standard InChI is InChI=1S/C26H26F3N7O3/c1-13-2-5-17-16(8-13)15-4-3-14(26(27,28)29)9-18(15)35(17)7-6-31-10-19-21(37)22(38)25(39-19)36-12-34-20-23(30)32-11-33-24(20)36/h2-5,8-9,11-12,19,21-22,25,31,37-38H,6-7,10H2,1H3,(H2,30,32,33). The smallest absolute Gasteiger partial charge is 0.387 e. The fourth-order valence-corrected chi connectivity index (χ4v) is 5.25. The molecule has 2 aromatic carbocycles. The second-order valence-corrected chi connectivity index (χ2v) is 9.74. The van der Waals surface area contributed by atoms with Crippen LogP contribution in [0.2, 0.25) is 0 Å². The molecule has 39 heavy (non-hydrogen) atoms. The van der Waals surface area contributed by atoms with Crippen LogP contribution in [0.4, 0.5) is 19.0 Å². The van der Waals surface area contributed by atoms with Crippen LogP contribution >= 0.6 is 0 Å². The minimum Gasteiger partial charge on any atom is -0.387 e. The lowest BCUT2D eigenvalue weighted by molar-refractivity contribution is -0.137. The molecular weight excluding hydrogens is 515 g/mol. The summed E-state index contributed by atoms with van der Waals surface area (Å²) in [7, 11) is 0. The molecule has 0 saturated carbocycles. The molecule has 4 atom stereocenters. The second kappa shape index (κ2) is 9.45. The van der Waals surface area contributed by atoms with Crippen LogP contribution in [0, 0.1) is 6.92 Å². The van der Waals surface area contributed by atoms with Crippen molar-refractivity contribution in [1.82, 2.24) is 29.4 Å². The van der Waals surface area contributed by atoms with Gasteiger partial charge in [-0.15, -0.1) is 0 Å². The van der Waals surface area contributed by atoms with Gasteiger partial charge >= 0.3 is 6.18 Å². The number of nitrogen functional groups attached to an aromatic ring is 1. The van der Waals surface area contributed by atoms with Crippen molar-refractivity contribution in [2.24, 2.45) is 0 Å². The third-order valence-corrected chi connectivity index (χ3v) is 7.21. The number of halogens is 3. The van der Waals surface area contributed by atoms with E-state index in [4.69, 9.17) is 10.5 Å². The Morgan fingerprint density at radius 3 is 2.64 bits per heavy atom. The molecule has 10 nitrogen and oxygen atoms in total. The maximum absolute atomic E-state index is 13.5. The zero-order valence-electron chi connectivity index (χ0n) is 20.8. The highest BCUT2D eigenvalue weighted by atomic mass is 19.4. The number of nitrogens with one attached hydrogen (secondary N) is 1. The van der Waals surface area contributed by atoms with Gasteiger partial charge in [0.05, 0.1) is 11.9 Å². The van der Waals surface area contributed by atoms with Gasteiger partial charge in [0.1, 0.15) is 30.2 Å². The van der Waals surface area contributed by atoms with Gasteiger partial charge in [-0.05, 0) is 31.2 Å². The van der Waals surface area contributed by atoms with E-state index in [9.17, 15) is 23.4 Å². The van der Waals surface area contributed by atoms with Gasteiger partial charge in [0.2, 0.25) is 0 Å². The van der Waals surface area contributed by atoms with Crippen molar-refractivity contribution in [3.63, 3.8) is 0 Å². The van der Waals surface area contributed by atoms with Crippen molar-refractivity contribution in [3.8, 4) is 0 Å². The molecule has 4 heterocycles. The minimum absolute atomic E-state index is 0.188. The Kier molecular flexibility index (Phi) is 6.18. The summed E-state index contributed by atoms with van der Waals surface area (Å²) in [6, 6.07) is 9.62. The highest BCUT2D eigenvalue weighted by Crippen LogP contribution is 2.36. The quantitative estimate of drug-likeness (QED) is 0.241. The average Bonchev–Trinajstić information content (AvgIpc) is 3.55. The number of aliphatic hydroxyl groups excluding tert-OH is 2. The molecule has 5 aromatic rings. The van der Waals surface area contributed by atoms with Gasteiger partial charge in [0.25, 0.3) is 0 Å². The Bertz CT molecular complexity index is 1680. The highest BCUT2D eigenvalue weighted by molar-refractivity contribution is 6.08. The number of aliphatic hydroxyl groups is 2. The Morgan fingerprint density at radius 1 is 1.03 bits per heavy atom. The van der Waals surface area contributed by atoms with Crippen LogP contribution in [0.1, 0.15) is 17.4 Å². The van der Waals surface area contributed by atoms with E-state index in [-0.39, 0.29) is 12.4 Å². The summed E-state index contributed by atoms with van der Waals surface area (Å²) in [5.41, 5.74) is 8.20. The van der Waals surface area contributed by atoms with Gasteiger partial charge in [-0.25, -0.2) is 15.0 Å². The van der Waals surface area contributed by atoms with Gasteiger partial charge in [0.15, 0.2) is 17.7 Å². The van der Waals surface area contributed by atoms with Crippen LogP contribution in [0.3, 0.4) is 0 Å². The molecule has 4 unspecified atom stereocenters. The summed E-state index contributed by atoms with van der Waals surface area (Å²) in [5, 5.41) is 26.1. The van der Waals surface area contributed by atoms with E-state index in [1.807, 2.05) is 29.7 Å². The number of ether oxygens (including phenoxy) is 1. The summed E-state index contributed by atoms with van der Waals surface area (Å²) in [6.45, 7) is 2.90. The van der Waals surface area contributed by atoms with Crippen molar-refractivity contribution >= 4 is 38.8 Å². The number of nitrogens with two attached hydrogens (primary N) is 1. The lowest BCUT2D eigenvalue weighted by Crippen LogP contribution is -2.38. The third-order valence-electron chi connectivity index (χ3n) is 7.21. The molecule has 1 saturated heterocycles. The maximum atomic E-state index is 13.5. The average molecular weight is 542 g/mol. The van der Waals surface area contributed by atoms with E-state index in [1.54, 1.807) is 0 Å². The molecule has 0 amide bonds. The topological polar surface area (TPSA) is 136 Å². The monoisotopic (exact) mass is 541 g/mol. The Balaban J connectivity index is 1.19. The van der Waals surface area contributed by atoms with E-state index in [0.717, 1.165) is 27.9 Å². The summed E-state index contributed by atoms with van der Waals surface area (Å²) >= 11 is 0. The summed E-state index contributed by atoms with van der Waals surface area (Å²) < 4.78 is 49.7. The first kappa shape index (κ1) is 25.5. The number of hydrogen-bond acceptors (Lipinski definition) is 8. The van der Waals surface area contributed by atoms with Crippen molar-refractivity contribution < 1.29 is 28.1 Å². The van der Waals surface area contributed by atoms with Crippen LogP contribution in [0.5, 0.6) is 0 Å². The number of anilines is 1. The lowest BCUT2D eigenvalue weighted by atomic mass is 10.1. The van der Waals surface area contributed by atoms with Crippen molar-refractivity contribution in [3.05, 3.63) is 60.2 Å². The van der Waals surface area contributed by atoms with E-state index >= 15 is 0 Å². The number of imidazole rings is 1. The summed E-state index contributed by atoms with van der Waals surface area (Å²) in [4.78, 5) is 12.2. The predicted molar refractivity (Wildman–Crippen MR) is 138 cm³/mol. The first-order valence-electron chi connectivity index (χ1n) is 12.4. The molecule has 0 radical (unpaired) electrons. The number of alkyl halides is 3. The van der Waals surface area contributed by atoms with Crippen LogP contribution in [-0.4, -0.2) is 65.7 Å². The van der Waals surface area contributed by atoms with Crippen molar-refractivity contribution in [1.29, 1.82) is 0 Å². The minimum atomic E-state index is -4.45. The molecule has 0 aliphatic carbocycles. The number of rotatable bonds is 6. The molecule has 1 aliphatic rings.